The van der Waals surface area contributed by atoms with Crippen LogP contribution in [0, 0.1) is 37.5 Å². The van der Waals surface area contributed by atoms with Gasteiger partial charge in [0, 0.05) is 106 Å². The van der Waals surface area contributed by atoms with E-state index in [0.29, 0.717) is 56.1 Å². The van der Waals surface area contributed by atoms with Gasteiger partial charge in [-0.2, -0.15) is 36.5 Å². The van der Waals surface area contributed by atoms with Crippen LogP contribution in [-0.2, 0) is 38.3 Å². The van der Waals surface area contributed by atoms with E-state index in [2.05, 4.69) is 60.7 Å². The molecule has 0 spiro atoms. The number of rotatable bonds is 10. The molecule has 0 atom stereocenters. The SMILES string of the molecule is CCO.Cc1ccc(C(=O)Cc2ccc(CN3CCN(C)CC3)c(C(F)(F)F)c2)cc1C#Cc1cnc2cccnn12.Cc1ccc(C(=O)Cc2ccc(CN3CC[NH+](C)CC3)c(C(F)(F)F)c2)cc1C#Cc1cnc2cccnn12.Cl.[Cl-]. The molecule has 8 aromatic rings. The molecule has 4 aromatic heterocycles. The average molecular weight is 1180 g/mol. The highest BCUT2D eigenvalue weighted by atomic mass is 35.5. The fourth-order valence-corrected chi connectivity index (χ4v) is 9.38. The summed E-state index contributed by atoms with van der Waals surface area (Å²) in [6.07, 6.45) is -2.70. The van der Waals surface area contributed by atoms with Gasteiger partial charge in [0.1, 0.15) is 11.4 Å². The van der Waals surface area contributed by atoms with Gasteiger partial charge in [-0.3, -0.25) is 19.4 Å². The van der Waals surface area contributed by atoms with Crippen molar-refractivity contribution in [1.29, 1.82) is 0 Å². The number of carbonyl (C=O) groups is 2. The number of fused-ring (bicyclic) bond motifs is 2. The molecule has 4 aromatic carbocycles. The molecule has 0 amide bonds. The van der Waals surface area contributed by atoms with Crippen LogP contribution in [-0.4, -0.2) is 134 Å². The summed E-state index contributed by atoms with van der Waals surface area (Å²) in [7, 11) is 4.10. The first-order valence-electron chi connectivity index (χ1n) is 26.6. The molecular formula is C62H64Cl2F6N10O3. The number of nitrogens with zero attached hydrogens (tertiary/aromatic N) is 9. The molecule has 436 valence electrons. The van der Waals surface area contributed by atoms with Crippen molar-refractivity contribution >= 4 is 35.3 Å². The van der Waals surface area contributed by atoms with Crippen LogP contribution < -0.4 is 17.3 Å². The van der Waals surface area contributed by atoms with E-state index < -0.39 is 23.5 Å². The van der Waals surface area contributed by atoms with Gasteiger partial charge in [0.05, 0.1) is 43.7 Å². The summed E-state index contributed by atoms with van der Waals surface area (Å²) in [5.41, 5.74) is 6.26. The molecule has 0 unspecified atom stereocenters. The predicted octanol–water partition coefficient (Wildman–Crippen LogP) is 5.27. The summed E-state index contributed by atoms with van der Waals surface area (Å²) in [6.45, 7) is 12.6. The van der Waals surface area contributed by atoms with Gasteiger partial charge in [-0.05, 0) is 122 Å². The van der Waals surface area contributed by atoms with Gasteiger partial charge in [0.25, 0.3) is 0 Å². The number of quaternary nitrogens is 1. The zero-order valence-corrected chi connectivity index (χ0v) is 48.2. The third kappa shape index (κ3) is 17.3. The molecule has 13 nitrogen and oxygen atoms in total. The Labute approximate surface area is 491 Å². The van der Waals surface area contributed by atoms with E-state index in [-0.39, 0.29) is 80.0 Å². The molecular weight excluding hydrogens is 1120 g/mol. The molecule has 2 fully saturated rings. The first kappa shape index (κ1) is 64.7. The minimum Gasteiger partial charge on any atom is -1.00 e. The number of aryl methyl sites for hydroxylation is 2. The van der Waals surface area contributed by atoms with Crippen molar-refractivity contribution in [3.8, 4) is 23.7 Å². The van der Waals surface area contributed by atoms with E-state index in [4.69, 9.17) is 5.11 Å². The van der Waals surface area contributed by atoms with Crippen LogP contribution in [0.15, 0.2) is 122 Å². The Balaban J connectivity index is 0.000000249. The second-order valence-corrected chi connectivity index (χ2v) is 20.2. The van der Waals surface area contributed by atoms with Crippen molar-refractivity contribution in [2.45, 2.75) is 59.1 Å². The number of halogens is 8. The lowest BCUT2D eigenvalue weighted by Crippen LogP contribution is -3.11. The molecule has 0 saturated carbocycles. The number of piperazine rings is 2. The van der Waals surface area contributed by atoms with Crippen LogP contribution in [0.4, 0.5) is 26.3 Å². The smallest absolute Gasteiger partial charge is 0.416 e. The monoisotopic (exact) mass is 1180 g/mol. The number of aliphatic hydroxyl groups excluding tert-OH is 1. The van der Waals surface area contributed by atoms with E-state index in [9.17, 15) is 35.9 Å². The van der Waals surface area contributed by atoms with E-state index in [1.165, 1.54) is 17.0 Å². The third-order valence-electron chi connectivity index (χ3n) is 14.1. The van der Waals surface area contributed by atoms with Crippen LogP contribution in [0.25, 0.3) is 11.3 Å². The predicted molar refractivity (Wildman–Crippen MR) is 304 cm³/mol. The van der Waals surface area contributed by atoms with E-state index in [1.54, 1.807) is 101 Å². The number of imidazole rings is 2. The lowest BCUT2D eigenvalue weighted by Gasteiger charge is -2.33. The van der Waals surface area contributed by atoms with E-state index in [0.717, 1.165) is 75.6 Å². The lowest BCUT2D eigenvalue weighted by atomic mass is 9.96. The fourth-order valence-electron chi connectivity index (χ4n) is 9.38. The van der Waals surface area contributed by atoms with Gasteiger partial charge in [0.15, 0.2) is 22.9 Å². The van der Waals surface area contributed by atoms with Crippen LogP contribution in [0.2, 0.25) is 0 Å². The van der Waals surface area contributed by atoms with Crippen LogP contribution >= 0.6 is 12.4 Å². The Morgan fingerprint density at radius 3 is 1.42 bits per heavy atom. The average Bonchev–Trinajstić information content (AvgIpc) is 4.22. The zero-order chi connectivity index (χ0) is 57.8. The minimum absolute atomic E-state index is 0. The van der Waals surface area contributed by atoms with E-state index >= 15 is 0 Å². The van der Waals surface area contributed by atoms with Crippen LogP contribution in [0.3, 0.4) is 0 Å². The highest BCUT2D eigenvalue weighted by molar-refractivity contribution is 5.98. The van der Waals surface area contributed by atoms with Crippen molar-refractivity contribution in [2.75, 3.05) is 73.1 Å². The zero-order valence-electron chi connectivity index (χ0n) is 46.6. The molecule has 0 bridgehead atoms. The number of alkyl halides is 6. The quantitative estimate of drug-likeness (QED) is 0.106. The summed E-state index contributed by atoms with van der Waals surface area (Å²) in [5.74, 6) is 11.7. The molecule has 2 aliphatic heterocycles. The number of likely N-dealkylation sites (N-methyl/N-ethyl adjacent to an activating group) is 2. The summed E-state index contributed by atoms with van der Waals surface area (Å²) >= 11 is 0. The molecule has 21 heteroatoms. The number of ketones is 2. The standard InChI is InChI=1S/2C30H28F3N5O.C2H6O.2ClH/c2*1-21-5-7-24(18-23(21)9-10-26-19-34-29-4-3-11-35-38(26)29)28(39)17-22-6-8-25(27(16-22)30(31,32)33)20-37-14-12-36(2)13-15-37;1-2-3;;/h2*3-8,11,16,18-19H,12-15,17,20H2,1-2H3;3H,2H2,1H3;2*1H. The van der Waals surface area contributed by atoms with Crippen LogP contribution in [0.1, 0.15) is 94.7 Å². The molecule has 10 rings (SSSR count). The highest BCUT2D eigenvalue weighted by Gasteiger charge is 2.36. The summed E-state index contributed by atoms with van der Waals surface area (Å²) in [6, 6.07) is 26.1. The first-order valence-corrected chi connectivity index (χ1v) is 26.6. The summed E-state index contributed by atoms with van der Waals surface area (Å²) < 4.78 is 87.1. The van der Waals surface area contributed by atoms with Gasteiger partial charge in [-0.25, -0.2) is 19.0 Å². The van der Waals surface area contributed by atoms with E-state index in [1.807, 2.05) is 37.9 Å². The Morgan fingerprint density at radius 1 is 0.602 bits per heavy atom. The number of aliphatic hydroxyl groups is 1. The van der Waals surface area contributed by atoms with Crippen molar-refractivity contribution in [3.05, 3.63) is 200 Å². The number of aromatic nitrogens is 6. The van der Waals surface area contributed by atoms with Gasteiger partial charge in [-0.15, -0.1) is 12.4 Å². The molecule has 83 heavy (non-hydrogen) atoms. The molecule has 0 aliphatic carbocycles. The Kier molecular flexibility index (Phi) is 22.7. The van der Waals surface area contributed by atoms with Crippen molar-refractivity contribution in [2.24, 2.45) is 0 Å². The fraction of sp³-hybridized carbons (Fsp3) is 0.323. The maximum absolute atomic E-state index is 14.0. The molecule has 0 radical (unpaired) electrons. The number of benzene rings is 4. The maximum atomic E-state index is 14.0. The maximum Gasteiger partial charge on any atom is 0.416 e. The number of Topliss-reactive ketones (excluding diaryl/α,β-unsaturated/α-hetero) is 2. The molecule has 2 aliphatic rings. The second kappa shape index (κ2) is 29.2. The van der Waals surface area contributed by atoms with Gasteiger partial charge in [-0.1, -0.05) is 60.4 Å². The van der Waals surface area contributed by atoms with Crippen molar-refractivity contribution < 1.29 is 58.3 Å². The van der Waals surface area contributed by atoms with Crippen LogP contribution in [0.5, 0.6) is 0 Å². The largest absolute Gasteiger partial charge is 1.00 e. The second-order valence-electron chi connectivity index (χ2n) is 20.2. The van der Waals surface area contributed by atoms with Crippen molar-refractivity contribution in [3.63, 3.8) is 0 Å². The third-order valence-corrected chi connectivity index (χ3v) is 14.1. The number of hydrogen-bond donors (Lipinski definition) is 2. The Bertz CT molecular complexity index is 3420. The topological polar surface area (TPSA) is 129 Å². The highest BCUT2D eigenvalue weighted by Crippen LogP contribution is 2.35. The first-order chi connectivity index (χ1) is 38.8. The molecule has 2 saturated heterocycles. The van der Waals surface area contributed by atoms with Gasteiger partial charge >= 0.3 is 12.4 Å². The lowest BCUT2D eigenvalue weighted by molar-refractivity contribution is -0.884. The Morgan fingerprint density at radius 2 is 1.01 bits per heavy atom. The molecule has 2 N–H and O–H groups in total. The van der Waals surface area contributed by atoms with Crippen molar-refractivity contribution in [1.82, 2.24) is 43.9 Å². The Hall–Kier alpha value is -7.46. The molecule has 6 heterocycles. The minimum atomic E-state index is -4.50. The van der Waals surface area contributed by atoms with Gasteiger partial charge in [0.2, 0.25) is 0 Å². The van der Waals surface area contributed by atoms with Gasteiger partial charge < -0.3 is 27.3 Å². The summed E-state index contributed by atoms with van der Waals surface area (Å²) in [5, 5.41) is 16.1. The number of hydrogen-bond acceptors (Lipinski definition) is 10. The summed E-state index contributed by atoms with van der Waals surface area (Å²) in [4.78, 5) is 42.4. The number of nitrogens with one attached hydrogen (secondary N) is 1. The number of carbonyl (C=O) groups excluding carboxylic acids is 2. The normalized spacial score (nSPS) is 14.1.